The average molecular weight is 294 g/mol. The van der Waals surface area contributed by atoms with Crippen LogP contribution in [0.3, 0.4) is 0 Å². The van der Waals surface area contributed by atoms with Crippen molar-refractivity contribution in [1.82, 2.24) is 10.2 Å². The Kier molecular flexibility index (Phi) is 4.89. The number of nitrogens with one attached hydrogen (secondary N) is 1. The first-order valence-corrected chi connectivity index (χ1v) is 7.57. The molecule has 0 bridgehead atoms. The van der Waals surface area contributed by atoms with E-state index < -0.39 is 12.0 Å². The molecule has 1 saturated heterocycles. The first-order chi connectivity index (χ1) is 9.58. The van der Waals surface area contributed by atoms with Crippen LogP contribution >= 0.6 is 11.8 Å². The molecule has 1 heterocycles. The van der Waals surface area contributed by atoms with Crippen LogP contribution in [0, 0.1) is 0 Å². The average Bonchev–Trinajstić information content (AvgIpc) is 2.45. The molecule has 6 heteroatoms. The van der Waals surface area contributed by atoms with E-state index in [-0.39, 0.29) is 6.03 Å². The molecule has 1 fully saturated rings. The van der Waals surface area contributed by atoms with E-state index >= 15 is 0 Å². The highest BCUT2D eigenvalue weighted by atomic mass is 32.2. The lowest BCUT2D eigenvalue weighted by Gasteiger charge is -2.31. The highest BCUT2D eigenvalue weighted by Gasteiger charge is 2.27. The maximum absolute atomic E-state index is 12.2. The minimum atomic E-state index is -1.05. The molecular formula is C14H18N2O3S. The monoisotopic (exact) mass is 294 g/mol. The Hall–Kier alpha value is -1.69. The normalized spacial score (nSPS) is 20.2. The van der Waals surface area contributed by atoms with E-state index in [9.17, 15) is 14.7 Å². The van der Waals surface area contributed by atoms with E-state index in [2.05, 4.69) is 12.2 Å². The lowest BCUT2D eigenvalue weighted by molar-refractivity contribution is -0.139. The topological polar surface area (TPSA) is 69.6 Å². The summed E-state index contributed by atoms with van der Waals surface area (Å²) in [5.74, 6) is -0.165. The van der Waals surface area contributed by atoms with E-state index in [1.807, 2.05) is 17.8 Å². The molecule has 2 rings (SSSR count). The van der Waals surface area contributed by atoms with Crippen LogP contribution in [0.5, 0.6) is 0 Å². The summed E-state index contributed by atoms with van der Waals surface area (Å²) in [5.41, 5.74) is 0.577. The summed E-state index contributed by atoms with van der Waals surface area (Å²) in [7, 11) is 0. The standard InChI is InChI=1S/C14H18N2O3S/c1-10-9-16(7-8-20-10)14(19)15-12(13(17)18)11-5-3-2-4-6-11/h2-6,10,12H,7-9H2,1H3,(H,15,19)(H,17,18). The molecule has 5 nitrogen and oxygen atoms in total. The van der Waals surface area contributed by atoms with Crippen molar-refractivity contribution in [1.29, 1.82) is 0 Å². The van der Waals surface area contributed by atoms with E-state index in [4.69, 9.17) is 0 Å². The quantitative estimate of drug-likeness (QED) is 0.894. The number of carboxylic acid groups (broad SMARTS) is 1. The largest absolute Gasteiger partial charge is 0.479 e. The number of amides is 2. The van der Waals surface area contributed by atoms with Crippen LogP contribution in [0.2, 0.25) is 0 Å². The zero-order valence-corrected chi connectivity index (χ0v) is 12.1. The van der Waals surface area contributed by atoms with Gasteiger partial charge in [0.15, 0.2) is 6.04 Å². The van der Waals surface area contributed by atoms with Crippen LogP contribution < -0.4 is 5.32 Å². The third-order valence-corrected chi connectivity index (χ3v) is 4.31. The number of aliphatic carboxylic acids is 1. The van der Waals surface area contributed by atoms with Gasteiger partial charge in [-0.25, -0.2) is 9.59 Å². The minimum absolute atomic E-state index is 0.312. The zero-order valence-electron chi connectivity index (χ0n) is 11.3. The predicted molar refractivity (Wildman–Crippen MR) is 78.8 cm³/mol. The molecule has 1 aliphatic rings. The fourth-order valence-electron chi connectivity index (χ4n) is 2.15. The molecule has 108 valence electrons. The Morgan fingerprint density at radius 2 is 2.10 bits per heavy atom. The zero-order chi connectivity index (χ0) is 14.5. The SMILES string of the molecule is CC1CN(C(=O)NC(C(=O)O)c2ccccc2)CCS1. The molecule has 20 heavy (non-hydrogen) atoms. The van der Waals surface area contributed by atoms with E-state index in [0.29, 0.717) is 23.9 Å². The Labute approximate surface area is 122 Å². The van der Waals surface area contributed by atoms with Crippen molar-refractivity contribution < 1.29 is 14.7 Å². The molecule has 1 aromatic carbocycles. The van der Waals surface area contributed by atoms with Crippen LogP contribution in [0.25, 0.3) is 0 Å². The van der Waals surface area contributed by atoms with Gasteiger partial charge in [0.05, 0.1) is 0 Å². The van der Waals surface area contributed by atoms with Crippen molar-refractivity contribution in [3.8, 4) is 0 Å². The fourth-order valence-corrected chi connectivity index (χ4v) is 3.16. The Morgan fingerprint density at radius 3 is 2.70 bits per heavy atom. The third-order valence-electron chi connectivity index (χ3n) is 3.18. The number of carboxylic acids is 1. The summed E-state index contributed by atoms with van der Waals surface area (Å²) >= 11 is 1.82. The lowest BCUT2D eigenvalue weighted by Crippen LogP contribution is -2.48. The molecule has 0 saturated carbocycles. The minimum Gasteiger partial charge on any atom is -0.479 e. The fraction of sp³-hybridized carbons (Fsp3) is 0.429. The number of carbonyl (C=O) groups excluding carboxylic acids is 1. The number of carbonyl (C=O) groups is 2. The summed E-state index contributed by atoms with van der Waals surface area (Å²) in [6.45, 7) is 3.37. The summed E-state index contributed by atoms with van der Waals surface area (Å²) in [4.78, 5) is 25.2. The van der Waals surface area contributed by atoms with Gasteiger partial charge >= 0.3 is 12.0 Å². The van der Waals surface area contributed by atoms with Crippen LogP contribution in [-0.2, 0) is 4.79 Å². The summed E-state index contributed by atoms with van der Waals surface area (Å²) in [6, 6.07) is 7.42. The molecule has 0 aliphatic carbocycles. The lowest BCUT2D eigenvalue weighted by atomic mass is 10.1. The molecule has 0 radical (unpaired) electrons. The third kappa shape index (κ3) is 3.66. The van der Waals surface area contributed by atoms with Gasteiger partial charge in [-0.1, -0.05) is 37.3 Å². The van der Waals surface area contributed by atoms with Crippen LogP contribution in [0.15, 0.2) is 30.3 Å². The molecule has 2 amide bonds. The van der Waals surface area contributed by atoms with Crippen LogP contribution in [-0.4, -0.2) is 46.1 Å². The highest BCUT2D eigenvalue weighted by molar-refractivity contribution is 7.99. The number of thioether (sulfide) groups is 1. The number of hydrogen-bond donors (Lipinski definition) is 2. The van der Waals surface area contributed by atoms with E-state index in [1.54, 1.807) is 29.2 Å². The second-order valence-electron chi connectivity index (χ2n) is 4.76. The molecule has 1 aliphatic heterocycles. The summed E-state index contributed by atoms with van der Waals surface area (Å²) in [6.07, 6.45) is 0. The van der Waals surface area contributed by atoms with Crippen molar-refractivity contribution in [2.45, 2.75) is 18.2 Å². The predicted octanol–water partition coefficient (Wildman–Crippen LogP) is 1.96. The van der Waals surface area contributed by atoms with Gasteiger partial charge in [-0.2, -0.15) is 11.8 Å². The van der Waals surface area contributed by atoms with Crippen LogP contribution in [0.1, 0.15) is 18.5 Å². The second kappa shape index (κ2) is 6.65. The number of rotatable bonds is 3. The molecule has 1 aromatic rings. The van der Waals surface area contributed by atoms with Crippen molar-refractivity contribution >= 4 is 23.8 Å². The molecule has 0 aromatic heterocycles. The number of urea groups is 1. The van der Waals surface area contributed by atoms with Crippen molar-refractivity contribution in [3.63, 3.8) is 0 Å². The summed E-state index contributed by atoms with van der Waals surface area (Å²) in [5, 5.41) is 12.3. The van der Waals surface area contributed by atoms with Crippen molar-refractivity contribution in [3.05, 3.63) is 35.9 Å². The molecular weight excluding hydrogens is 276 g/mol. The van der Waals surface area contributed by atoms with Gasteiger partial charge < -0.3 is 15.3 Å². The number of nitrogens with zero attached hydrogens (tertiary/aromatic N) is 1. The number of hydrogen-bond acceptors (Lipinski definition) is 3. The van der Waals surface area contributed by atoms with E-state index in [1.165, 1.54) is 0 Å². The smallest absolute Gasteiger partial charge is 0.330 e. The van der Waals surface area contributed by atoms with Crippen molar-refractivity contribution in [2.24, 2.45) is 0 Å². The second-order valence-corrected chi connectivity index (χ2v) is 6.31. The Balaban J connectivity index is 2.05. The maximum atomic E-state index is 12.2. The first kappa shape index (κ1) is 14.7. The van der Waals surface area contributed by atoms with Gasteiger partial charge in [0.1, 0.15) is 0 Å². The van der Waals surface area contributed by atoms with Gasteiger partial charge in [-0.15, -0.1) is 0 Å². The van der Waals surface area contributed by atoms with Crippen LogP contribution in [0.4, 0.5) is 4.79 Å². The van der Waals surface area contributed by atoms with Gasteiger partial charge in [-0.05, 0) is 5.56 Å². The Bertz CT molecular complexity index is 481. The van der Waals surface area contributed by atoms with E-state index in [0.717, 1.165) is 5.75 Å². The van der Waals surface area contributed by atoms with Gasteiger partial charge in [0.25, 0.3) is 0 Å². The first-order valence-electron chi connectivity index (χ1n) is 6.52. The maximum Gasteiger partial charge on any atom is 0.330 e. The Morgan fingerprint density at radius 1 is 1.40 bits per heavy atom. The molecule has 2 unspecified atom stereocenters. The molecule has 2 N–H and O–H groups in total. The van der Waals surface area contributed by atoms with Gasteiger partial charge in [-0.3, -0.25) is 0 Å². The van der Waals surface area contributed by atoms with Crippen molar-refractivity contribution in [2.75, 3.05) is 18.8 Å². The number of benzene rings is 1. The molecule has 2 atom stereocenters. The highest BCUT2D eigenvalue weighted by Crippen LogP contribution is 2.19. The summed E-state index contributed by atoms with van der Waals surface area (Å²) < 4.78 is 0. The van der Waals surface area contributed by atoms with Gasteiger partial charge in [0, 0.05) is 24.1 Å². The van der Waals surface area contributed by atoms with Gasteiger partial charge in [0.2, 0.25) is 0 Å². The molecule has 0 spiro atoms.